The highest BCUT2D eigenvalue weighted by molar-refractivity contribution is 5.79. The molecule has 1 aliphatic carbocycles. The van der Waals surface area contributed by atoms with Crippen LogP contribution in [0.5, 0.6) is 0 Å². The number of carbonyl (C=O) groups excluding carboxylic acids is 1. The molecule has 1 amide bonds. The van der Waals surface area contributed by atoms with Gasteiger partial charge in [-0.05, 0) is 56.7 Å². The summed E-state index contributed by atoms with van der Waals surface area (Å²) in [5, 5.41) is 0. The maximum absolute atomic E-state index is 13.0. The normalized spacial score (nSPS) is 19.9. The van der Waals surface area contributed by atoms with Crippen LogP contribution in [-0.2, 0) is 24.1 Å². The molecule has 1 atom stereocenters. The number of aromatic nitrogens is 2. The van der Waals surface area contributed by atoms with Gasteiger partial charge in [-0.25, -0.2) is 9.37 Å². The van der Waals surface area contributed by atoms with Gasteiger partial charge in [0.2, 0.25) is 5.91 Å². The lowest BCUT2D eigenvalue weighted by molar-refractivity contribution is -0.129. The van der Waals surface area contributed by atoms with Crippen molar-refractivity contribution < 1.29 is 9.18 Å². The third kappa shape index (κ3) is 3.20. The predicted octanol–water partition coefficient (Wildman–Crippen LogP) is 3.23. The number of fused-ring (bicyclic) bond motifs is 1. The fourth-order valence-electron chi connectivity index (χ4n) is 4.25. The molecule has 132 valence electrons. The van der Waals surface area contributed by atoms with Gasteiger partial charge in [0.15, 0.2) is 0 Å². The Morgan fingerprint density at radius 1 is 1.24 bits per heavy atom. The number of nitrogens with zero attached hydrogens (tertiary/aromatic N) is 3. The van der Waals surface area contributed by atoms with Crippen molar-refractivity contribution in [2.75, 3.05) is 13.1 Å². The Labute approximate surface area is 147 Å². The van der Waals surface area contributed by atoms with Gasteiger partial charge in [0, 0.05) is 18.8 Å². The number of imidazole rings is 1. The van der Waals surface area contributed by atoms with Crippen LogP contribution in [0, 0.1) is 12.7 Å². The third-order valence-corrected chi connectivity index (χ3v) is 5.50. The minimum atomic E-state index is -0.266. The van der Waals surface area contributed by atoms with Crippen molar-refractivity contribution >= 4 is 5.91 Å². The van der Waals surface area contributed by atoms with Gasteiger partial charge in [0.1, 0.15) is 11.6 Å². The smallest absolute Gasteiger partial charge is 0.227 e. The highest BCUT2D eigenvalue weighted by Crippen LogP contribution is 2.30. The summed E-state index contributed by atoms with van der Waals surface area (Å²) in [6.45, 7) is 3.63. The molecular formula is C20H24FN3O. The van der Waals surface area contributed by atoms with Crippen LogP contribution < -0.4 is 0 Å². The number of likely N-dealkylation sites (tertiary alicyclic amines) is 1. The molecular weight excluding hydrogens is 317 g/mol. The molecule has 1 aliphatic heterocycles. The van der Waals surface area contributed by atoms with Gasteiger partial charge in [0.05, 0.1) is 18.2 Å². The largest absolute Gasteiger partial charge is 0.340 e. The van der Waals surface area contributed by atoms with Crippen molar-refractivity contribution in [3.63, 3.8) is 0 Å². The molecule has 0 bridgehead atoms. The molecule has 2 aromatic rings. The van der Waals surface area contributed by atoms with Gasteiger partial charge in [0.25, 0.3) is 0 Å². The fraction of sp³-hybridized carbons (Fsp3) is 0.500. The zero-order valence-corrected chi connectivity index (χ0v) is 14.7. The zero-order valence-electron chi connectivity index (χ0n) is 14.7. The number of halogens is 1. The minimum absolute atomic E-state index is 0.126. The lowest BCUT2D eigenvalue weighted by Crippen LogP contribution is -2.30. The molecule has 0 spiro atoms. The van der Waals surface area contributed by atoms with Crippen molar-refractivity contribution in [2.45, 2.75) is 51.5 Å². The van der Waals surface area contributed by atoms with Gasteiger partial charge in [-0.1, -0.05) is 12.1 Å². The Morgan fingerprint density at radius 3 is 2.80 bits per heavy atom. The number of hydrogen-bond donors (Lipinski definition) is 0. The summed E-state index contributed by atoms with van der Waals surface area (Å²) in [4.78, 5) is 19.3. The molecule has 0 radical (unpaired) electrons. The summed E-state index contributed by atoms with van der Waals surface area (Å²) in [6, 6.07) is 6.55. The second-order valence-corrected chi connectivity index (χ2v) is 7.22. The quantitative estimate of drug-likeness (QED) is 0.860. The van der Waals surface area contributed by atoms with Crippen LogP contribution in [0.3, 0.4) is 0 Å². The zero-order chi connectivity index (χ0) is 17.4. The maximum atomic E-state index is 13.0. The van der Waals surface area contributed by atoms with Crippen molar-refractivity contribution in [3.8, 4) is 0 Å². The van der Waals surface area contributed by atoms with Crippen LogP contribution in [0.15, 0.2) is 24.3 Å². The van der Waals surface area contributed by atoms with E-state index in [0.29, 0.717) is 12.5 Å². The van der Waals surface area contributed by atoms with Gasteiger partial charge in [-0.2, -0.15) is 0 Å². The van der Waals surface area contributed by atoms with E-state index in [-0.39, 0.29) is 11.7 Å². The van der Waals surface area contributed by atoms with Crippen LogP contribution in [0.4, 0.5) is 4.39 Å². The lowest BCUT2D eigenvalue weighted by Gasteiger charge is -2.21. The van der Waals surface area contributed by atoms with E-state index in [2.05, 4.69) is 11.5 Å². The molecule has 2 aliphatic rings. The van der Waals surface area contributed by atoms with Gasteiger partial charge < -0.3 is 9.47 Å². The summed E-state index contributed by atoms with van der Waals surface area (Å²) in [7, 11) is 0. The van der Waals surface area contributed by atoms with E-state index in [1.54, 1.807) is 12.1 Å². The van der Waals surface area contributed by atoms with Crippen LogP contribution in [0.2, 0.25) is 0 Å². The first-order valence-electron chi connectivity index (χ1n) is 9.20. The van der Waals surface area contributed by atoms with Gasteiger partial charge >= 0.3 is 0 Å². The predicted molar refractivity (Wildman–Crippen MR) is 93.9 cm³/mol. The van der Waals surface area contributed by atoms with Crippen LogP contribution >= 0.6 is 0 Å². The van der Waals surface area contributed by atoms with Crippen LogP contribution in [0.25, 0.3) is 0 Å². The van der Waals surface area contributed by atoms with E-state index < -0.39 is 0 Å². The number of carbonyl (C=O) groups is 1. The molecule has 1 unspecified atom stereocenters. The fourth-order valence-corrected chi connectivity index (χ4v) is 4.25. The highest BCUT2D eigenvalue weighted by Gasteiger charge is 2.31. The standard InChI is InChI=1S/C20H24FN3O/c1-14-22-18-4-2-3-5-19(18)24(14)17-10-11-23(13-17)20(25)12-15-6-8-16(21)9-7-15/h6-9,17H,2-5,10-13H2,1H3. The monoisotopic (exact) mass is 341 g/mol. The number of amides is 1. The first-order valence-corrected chi connectivity index (χ1v) is 9.20. The molecule has 1 aromatic heterocycles. The van der Waals surface area contributed by atoms with E-state index >= 15 is 0 Å². The SMILES string of the molecule is Cc1nc2c(n1C1CCN(C(=O)Cc3ccc(F)cc3)C1)CCCC2. The molecule has 4 nitrogen and oxygen atoms in total. The Morgan fingerprint density at radius 2 is 2.00 bits per heavy atom. The Bertz CT molecular complexity index is 781. The van der Waals surface area contributed by atoms with E-state index in [9.17, 15) is 9.18 Å². The molecule has 0 saturated carbocycles. The Kier molecular flexibility index (Phi) is 4.32. The molecule has 4 rings (SSSR count). The summed E-state index contributed by atoms with van der Waals surface area (Å²) >= 11 is 0. The summed E-state index contributed by atoms with van der Waals surface area (Å²) in [5.74, 6) is 0.947. The van der Waals surface area contributed by atoms with Crippen molar-refractivity contribution in [1.29, 1.82) is 0 Å². The van der Waals surface area contributed by atoms with E-state index in [1.165, 1.54) is 36.4 Å². The first-order chi connectivity index (χ1) is 12.1. The third-order valence-electron chi connectivity index (χ3n) is 5.50. The molecule has 1 aromatic carbocycles. The molecule has 25 heavy (non-hydrogen) atoms. The minimum Gasteiger partial charge on any atom is -0.340 e. The van der Waals surface area contributed by atoms with Crippen LogP contribution in [0.1, 0.15) is 48.1 Å². The second kappa shape index (κ2) is 6.62. The number of rotatable bonds is 3. The molecule has 5 heteroatoms. The van der Waals surface area contributed by atoms with E-state index in [4.69, 9.17) is 4.98 Å². The lowest BCUT2D eigenvalue weighted by atomic mass is 10.0. The number of hydrogen-bond acceptors (Lipinski definition) is 2. The average molecular weight is 341 g/mol. The second-order valence-electron chi connectivity index (χ2n) is 7.22. The maximum Gasteiger partial charge on any atom is 0.227 e. The van der Waals surface area contributed by atoms with E-state index in [0.717, 1.165) is 43.7 Å². The Hall–Kier alpha value is -2.17. The summed E-state index contributed by atoms with van der Waals surface area (Å²) in [6.07, 6.45) is 5.99. The first kappa shape index (κ1) is 16.3. The van der Waals surface area contributed by atoms with Gasteiger partial charge in [-0.15, -0.1) is 0 Å². The van der Waals surface area contributed by atoms with Crippen molar-refractivity contribution in [3.05, 3.63) is 52.9 Å². The molecule has 0 N–H and O–H groups in total. The molecule has 1 fully saturated rings. The highest BCUT2D eigenvalue weighted by atomic mass is 19.1. The molecule has 1 saturated heterocycles. The summed E-state index contributed by atoms with van der Waals surface area (Å²) in [5.41, 5.74) is 3.52. The van der Waals surface area contributed by atoms with Crippen molar-refractivity contribution in [2.24, 2.45) is 0 Å². The van der Waals surface area contributed by atoms with Crippen molar-refractivity contribution in [1.82, 2.24) is 14.5 Å². The summed E-state index contributed by atoms with van der Waals surface area (Å²) < 4.78 is 15.4. The van der Waals surface area contributed by atoms with Gasteiger partial charge in [-0.3, -0.25) is 4.79 Å². The number of benzene rings is 1. The Balaban J connectivity index is 1.45. The molecule has 2 heterocycles. The van der Waals surface area contributed by atoms with Crippen LogP contribution in [-0.4, -0.2) is 33.4 Å². The number of aryl methyl sites for hydroxylation is 2. The average Bonchev–Trinajstić information content (AvgIpc) is 3.20. The van der Waals surface area contributed by atoms with E-state index in [1.807, 2.05) is 4.90 Å². The topological polar surface area (TPSA) is 38.1 Å².